The standard InChI is InChI=1S/2C3H6O2.2C2H7N/c2*1-2-3(4)5;2*1-2-3/h2*2H2,1H3,(H,4,5);2*2-3H2,1H3. The molecule has 0 aromatic rings. The molecule has 0 bridgehead atoms. The SMILES string of the molecule is CCC(=O)O.CCC(=O)O.CCN.CCN. The zero-order valence-electron chi connectivity index (χ0n) is 10.7. The van der Waals surface area contributed by atoms with Crippen molar-refractivity contribution in [3.63, 3.8) is 0 Å². The van der Waals surface area contributed by atoms with Gasteiger partial charge in [-0.15, -0.1) is 0 Å². The molecule has 0 rings (SSSR count). The van der Waals surface area contributed by atoms with Crippen molar-refractivity contribution in [1.29, 1.82) is 0 Å². The molecule has 0 aliphatic heterocycles. The second kappa shape index (κ2) is 29.2. The van der Waals surface area contributed by atoms with Crippen LogP contribution in [0.25, 0.3) is 0 Å². The molecule has 6 heteroatoms. The molecule has 0 spiro atoms. The van der Waals surface area contributed by atoms with Crippen LogP contribution in [0.2, 0.25) is 0 Å². The quantitative estimate of drug-likeness (QED) is 0.566. The summed E-state index contributed by atoms with van der Waals surface area (Å²) in [7, 11) is 0. The Morgan fingerprint density at radius 3 is 0.875 bits per heavy atom. The van der Waals surface area contributed by atoms with Gasteiger partial charge in [0.05, 0.1) is 0 Å². The fourth-order valence-electron chi connectivity index (χ4n) is 0. The van der Waals surface area contributed by atoms with E-state index in [0.717, 1.165) is 13.1 Å². The van der Waals surface area contributed by atoms with Crippen LogP contribution in [0, 0.1) is 0 Å². The highest BCUT2D eigenvalue weighted by Crippen LogP contribution is 1.67. The van der Waals surface area contributed by atoms with Gasteiger partial charge in [0.1, 0.15) is 0 Å². The largest absolute Gasteiger partial charge is 0.481 e. The van der Waals surface area contributed by atoms with E-state index in [1.165, 1.54) is 0 Å². The summed E-state index contributed by atoms with van der Waals surface area (Å²) in [5.74, 6) is -1.49. The molecule has 0 atom stereocenters. The molecule has 0 saturated heterocycles. The molecule has 0 aromatic heterocycles. The Kier molecular flexibility index (Phi) is 44.2. The lowest BCUT2D eigenvalue weighted by Gasteiger charge is -1.71. The van der Waals surface area contributed by atoms with Crippen LogP contribution in [0.4, 0.5) is 0 Å². The van der Waals surface area contributed by atoms with E-state index in [4.69, 9.17) is 21.7 Å². The molecular weight excluding hydrogens is 212 g/mol. The van der Waals surface area contributed by atoms with Gasteiger partial charge in [-0.25, -0.2) is 0 Å². The molecular formula is C10H26N2O4. The molecule has 0 unspecified atom stereocenters. The van der Waals surface area contributed by atoms with Crippen LogP contribution in [0.1, 0.15) is 40.5 Å². The molecule has 100 valence electrons. The third kappa shape index (κ3) is 221. The summed E-state index contributed by atoms with van der Waals surface area (Å²) >= 11 is 0. The lowest BCUT2D eigenvalue weighted by Crippen LogP contribution is -1.87. The van der Waals surface area contributed by atoms with Crippen molar-refractivity contribution in [3.05, 3.63) is 0 Å². The Labute approximate surface area is 97.6 Å². The molecule has 6 N–H and O–H groups in total. The molecule has 0 aromatic carbocycles. The maximum atomic E-state index is 9.37. The molecule has 0 aliphatic carbocycles. The zero-order chi connectivity index (χ0) is 14.0. The lowest BCUT2D eigenvalue weighted by molar-refractivity contribution is -0.137. The highest BCUT2D eigenvalue weighted by atomic mass is 16.4. The summed E-state index contributed by atoms with van der Waals surface area (Å²) in [6, 6.07) is 0. The van der Waals surface area contributed by atoms with Crippen LogP contribution in [0.15, 0.2) is 0 Å². The fraction of sp³-hybridized carbons (Fsp3) is 0.800. The monoisotopic (exact) mass is 238 g/mol. The Morgan fingerprint density at radius 1 is 0.812 bits per heavy atom. The van der Waals surface area contributed by atoms with Crippen molar-refractivity contribution in [2.24, 2.45) is 11.5 Å². The summed E-state index contributed by atoms with van der Waals surface area (Å²) < 4.78 is 0. The van der Waals surface area contributed by atoms with Crippen LogP contribution < -0.4 is 11.5 Å². The highest BCUT2D eigenvalue weighted by molar-refractivity contribution is 5.66. The van der Waals surface area contributed by atoms with Crippen LogP contribution in [-0.2, 0) is 9.59 Å². The van der Waals surface area contributed by atoms with Gasteiger partial charge in [0.2, 0.25) is 0 Å². The second-order valence-corrected chi connectivity index (χ2v) is 2.31. The topological polar surface area (TPSA) is 127 Å². The maximum absolute atomic E-state index is 9.37. The van der Waals surface area contributed by atoms with Crippen molar-refractivity contribution < 1.29 is 19.8 Å². The fourth-order valence-corrected chi connectivity index (χ4v) is 0. The number of hydrogen-bond acceptors (Lipinski definition) is 4. The molecule has 6 nitrogen and oxygen atoms in total. The first kappa shape index (κ1) is 24.2. The van der Waals surface area contributed by atoms with Crippen LogP contribution in [0.5, 0.6) is 0 Å². The zero-order valence-corrected chi connectivity index (χ0v) is 10.7. The first-order valence-corrected chi connectivity index (χ1v) is 5.21. The Balaban J connectivity index is -0.0000000621. The average Bonchev–Trinajstić information content (AvgIpc) is 2.21. The lowest BCUT2D eigenvalue weighted by atomic mass is 10.5. The number of carbonyl (C=O) groups is 2. The maximum Gasteiger partial charge on any atom is 0.303 e. The summed E-state index contributed by atoms with van der Waals surface area (Å²) in [6.45, 7) is 8.50. The summed E-state index contributed by atoms with van der Waals surface area (Å²) in [6.07, 6.45) is 0.444. The van der Waals surface area contributed by atoms with E-state index in [0.29, 0.717) is 0 Å². The van der Waals surface area contributed by atoms with Gasteiger partial charge in [0, 0.05) is 12.8 Å². The Bertz CT molecular complexity index is 125. The Hall–Kier alpha value is -1.14. The van der Waals surface area contributed by atoms with Gasteiger partial charge in [-0.3, -0.25) is 9.59 Å². The van der Waals surface area contributed by atoms with Crippen LogP contribution >= 0.6 is 0 Å². The van der Waals surface area contributed by atoms with Crippen molar-refractivity contribution in [3.8, 4) is 0 Å². The van der Waals surface area contributed by atoms with Gasteiger partial charge in [-0.1, -0.05) is 27.7 Å². The molecule has 0 aliphatic rings. The molecule has 0 heterocycles. The smallest absolute Gasteiger partial charge is 0.303 e. The second-order valence-electron chi connectivity index (χ2n) is 2.31. The van der Waals surface area contributed by atoms with E-state index in [1.807, 2.05) is 13.8 Å². The van der Waals surface area contributed by atoms with Crippen molar-refractivity contribution in [2.45, 2.75) is 40.5 Å². The highest BCUT2D eigenvalue weighted by Gasteiger charge is 1.81. The van der Waals surface area contributed by atoms with Gasteiger partial charge >= 0.3 is 11.9 Å². The first-order valence-electron chi connectivity index (χ1n) is 5.21. The summed E-state index contributed by atoms with van der Waals surface area (Å²) in [5.41, 5.74) is 9.69. The van der Waals surface area contributed by atoms with Crippen LogP contribution in [0.3, 0.4) is 0 Å². The number of aliphatic carboxylic acids is 2. The van der Waals surface area contributed by atoms with Crippen LogP contribution in [-0.4, -0.2) is 35.2 Å². The van der Waals surface area contributed by atoms with Gasteiger partial charge < -0.3 is 21.7 Å². The summed E-state index contributed by atoms with van der Waals surface area (Å²) in [4.78, 5) is 18.7. The number of carboxylic acid groups (broad SMARTS) is 2. The van der Waals surface area contributed by atoms with E-state index in [-0.39, 0.29) is 12.8 Å². The predicted molar refractivity (Wildman–Crippen MR) is 65.3 cm³/mol. The van der Waals surface area contributed by atoms with Gasteiger partial charge in [0.25, 0.3) is 0 Å². The third-order valence-electron chi connectivity index (χ3n) is 0.605. The van der Waals surface area contributed by atoms with Gasteiger partial charge in [-0.2, -0.15) is 0 Å². The first-order chi connectivity index (χ1) is 7.37. The molecule has 0 amide bonds. The molecule has 0 saturated carbocycles. The minimum Gasteiger partial charge on any atom is -0.481 e. The van der Waals surface area contributed by atoms with E-state index >= 15 is 0 Å². The number of hydrogen-bond donors (Lipinski definition) is 4. The number of rotatable bonds is 2. The molecule has 0 fully saturated rings. The average molecular weight is 238 g/mol. The predicted octanol–water partition coefficient (Wildman–Crippen LogP) is 0.892. The van der Waals surface area contributed by atoms with Crippen molar-refractivity contribution >= 4 is 11.9 Å². The molecule has 0 radical (unpaired) electrons. The van der Waals surface area contributed by atoms with Gasteiger partial charge in [-0.05, 0) is 13.1 Å². The van der Waals surface area contributed by atoms with E-state index in [1.54, 1.807) is 13.8 Å². The summed E-state index contributed by atoms with van der Waals surface area (Å²) in [5, 5.41) is 15.4. The number of carboxylic acids is 2. The minimum atomic E-state index is -0.745. The van der Waals surface area contributed by atoms with Crippen molar-refractivity contribution in [1.82, 2.24) is 0 Å². The van der Waals surface area contributed by atoms with E-state index in [2.05, 4.69) is 0 Å². The third-order valence-corrected chi connectivity index (χ3v) is 0.605. The van der Waals surface area contributed by atoms with E-state index < -0.39 is 11.9 Å². The number of nitrogens with two attached hydrogens (primary N) is 2. The molecule has 16 heavy (non-hydrogen) atoms. The normalized spacial score (nSPS) is 6.88. The van der Waals surface area contributed by atoms with Gasteiger partial charge in [0.15, 0.2) is 0 Å². The Morgan fingerprint density at radius 2 is 0.875 bits per heavy atom. The minimum absolute atomic E-state index is 0.222. The van der Waals surface area contributed by atoms with E-state index in [9.17, 15) is 9.59 Å². The van der Waals surface area contributed by atoms with Crippen molar-refractivity contribution in [2.75, 3.05) is 13.1 Å².